The van der Waals surface area contributed by atoms with Gasteiger partial charge in [-0.25, -0.2) is 4.39 Å². The summed E-state index contributed by atoms with van der Waals surface area (Å²) in [5.41, 5.74) is -0.0896. The van der Waals surface area contributed by atoms with Crippen molar-refractivity contribution in [2.45, 2.75) is 26.2 Å². The van der Waals surface area contributed by atoms with Crippen molar-refractivity contribution in [1.29, 1.82) is 0 Å². The highest BCUT2D eigenvalue weighted by Crippen LogP contribution is 2.39. The van der Waals surface area contributed by atoms with Gasteiger partial charge in [0.2, 0.25) is 5.91 Å². The van der Waals surface area contributed by atoms with E-state index in [2.05, 4.69) is 5.32 Å². The Hall–Kier alpha value is -1.62. The lowest BCUT2D eigenvalue weighted by Crippen LogP contribution is -2.30. The Morgan fingerprint density at radius 3 is 2.62 bits per heavy atom. The van der Waals surface area contributed by atoms with Crippen LogP contribution >= 0.6 is 11.6 Å². The molecule has 0 aliphatic heterocycles. The second-order valence-corrected chi connectivity index (χ2v) is 5.79. The van der Waals surface area contributed by atoms with Crippen LogP contribution in [0, 0.1) is 23.6 Å². The van der Waals surface area contributed by atoms with Crippen molar-refractivity contribution in [3.05, 3.63) is 29.0 Å². The number of carbonyl (C=O) groups is 2. The average molecular weight is 314 g/mol. The van der Waals surface area contributed by atoms with Crippen LogP contribution in [0.3, 0.4) is 0 Å². The summed E-state index contributed by atoms with van der Waals surface area (Å²) in [7, 11) is 0. The summed E-state index contributed by atoms with van der Waals surface area (Å²) in [5.74, 6) is -3.26. The highest BCUT2D eigenvalue weighted by Gasteiger charge is 2.42. The van der Waals surface area contributed by atoms with Crippen LogP contribution < -0.4 is 5.32 Å². The van der Waals surface area contributed by atoms with Crippen LogP contribution in [0.4, 0.5) is 10.1 Å². The quantitative estimate of drug-likeness (QED) is 0.893. The van der Waals surface area contributed by atoms with Crippen molar-refractivity contribution in [3.8, 4) is 0 Å². The number of carbonyl (C=O) groups excluding carboxylic acids is 1. The molecule has 1 amide bonds. The number of nitrogens with one attached hydrogen (secondary N) is 1. The molecule has 3 atom stereocenters. The second kappa shape index (κ2) is 6.43. The summed E-state index contributed by atoms with van der Waals surface area (Å²) >= 11 is 5.86. The normalized spacial score (nSPS) is 24.8. The van der Waals surface area contributed by atoms with Crippen LogP contribution in [0.1, 0.15) is 26.2 Å². The van der Waals surface area contributed by atoms with Crippen molar-refractivity contribution in [2.24, 2.45) is 17.8 Å². The summed E-state index contributed by atoms with van der Waals surface area (Å²) in [6, 6.07) is 4.11. The van der Waals surface area contributed by atoms with Gasteiger partial charge < -0.3 is 10.4 Å². The number of rotatable bonds is 4. The largest absolute Gasteiger partial charge is 0.481 e. The maximum Gasteiger partial charge on any atom is 0.307 e. The van der Waals surface area contributed by atoms with Gasteiger partial charge in [0, 0.05) is 0 Å². The van der Waals surface area contributed by atoms with E-state index in [1.54, 1.807) is 0 Å². The third-order valence-corrected chi connectivity index (χ3v) is 4.42. The molecule has 1 aliphatic carbocycles. The van der Waals surface area contributed by atoms with Crippen LogP contribution in [0.2, 0.25) is 5.02 Å². The van der Waals surface area contributed by atoms with E-state index < -0.39 is 29.5 Å². The molecule has 21 heavy (non-hydrogen) atoms. The smallest absolute Gasteiger partial charge is 0.307 e. The van der Waals surface area contributed by atoms with Gasteiger partial charge in [-0.2, -0.15) is 0 Å². The van der Waals surface area contributed by atoms with Gasteiger partial charge in [-0.3, -0.25) is 9.59 Å². The van der Waals surface area contributed by atoms with Gasteiger partial charge in [0.25, 0.3) is 0 Å². The van der Waals surface area contributed by atoms with Gasteiger partial charge in [-0.1, -0.05) is 31.0 Å². The van der Waals surface area contributed by atoms with E-state index in [9.17, 15) is 19.1 Å². The molecule has 1 saturated carbocycles. The van der Waals surface area contributed by atoms with Gasteiger partial charge >= 0.3 is 5.97 Å². The summed E-state index contributed by atoms with van der Waals surface area (Å²) in [5, 5.41) is 11.8. The lowest BCUT2D eigenvalue weighted by atomic mass is 9.95. The van der Waals surface area contributed by atoms with E-state index in [1.807, 2.05) is 6.92 Å². The van der Waals surface area contributed by atoms with E-state index in [4.69, 9.17) is 11.6 Å². The molecule has 2 N–H and O–H groups in total. The van der Waals surface area contributed by atoms with Crippen molar-refractivity contribution >= 4 is 29.2 Å². The Morgan fingerprint density at radius 1 is 1.38 bits per heavy atom. The average Bonchev–Trinajstić information content (AvgIpc) is 2.87. The molecule has 1 aliphatic rings. The molecule has 0 aromatic heterocycles. The second-order valence-electron chi connectivity index (χ2n) is 5.38. The van der Waals surface area contributed by atoms with E-state index in [-0.39, 0.29) is 16.6 Å². The minimum absolute atomic E-state index is 0.0896. The highest BCUT2D eigenvalue weighted by atomic mass is 35.5. The zero-order valence-electron chi connectivity index (χ0n) is 11.6. The maximum absolute atomic E-state index is 13.7. The zero-order chi connectivity index (χ0) is 15.6. The Morgan fingerprint density at radius 2 is 2.05 bits per heavy atom. The van der Waals surface area contributed by atoms with Crippen molar-refractivity contribution < 1.29 is 19.1 Å². The third kappa shape index (κ3) is 3.35. The molecule has 4 nitrogen and oxygen atoms in total. The van der Waals surface area contributed by atoms with Gasteiger partial charge in [0.05, 0.1) is 22.5 Å². The Bertz CT molecular complexity index is 544. The number of hydrogen-bond donors (Lipinski definition) is 2. The number of amides is 1. The van der Waals surface area contributed by atoms with E-state index in [0.717, 1.165) is 6.42 Å². The molecule has 0 bridgehead atoms. The molecule has 0 heterocycles. The lowest BCUT2D eigenvalue weighted by molar-refractivity contribution is -0.145. The molecule has 3 unspecified atom stereocenters. The molecule has 0 radical (unpaired) electrons. The first-order valence-corrected chi connectivity index (χ1v) is 7.29. The fourth-order valence-corrected chi connectivity index (χ4v) is 3.08. The van der Waals surface area contributed by atoms with Crippen LogP contribution in [0.15, 0.2) is 18.2 Å². The molecule has 1 aromatic carbocycles. The first kappa shape index (κ1) is 15.8. The summed E-state index contributed by atoms with van der Waals surface area (Å²) < 4.78 is 13.7. The lowest BCUT2D eigenvalue weighted by Gasteiger charge is -2.16. The molecule has 1 fully saturated rings. The molecule has 1 aromatic rings. The fourth-order valence-electron chi connectivity index (χ4n) is 2.87. The number of aliphatic carboxylic acids is 1. The minimum Gasteiger partial charge on any atom is -0.481 e. The highest BCUT2D eigenvalue weighted by molar-refractivity contribution is 6.33. The number of anilines is 1. The van der Waals surface area contributed by atoms with Gasteiger partial charge in [-0.05, 0) is 30.9 Å². The van der Waals surface area contributed by atoms with E-state index >= 15 is 0 Å². The monoisotopic (exact) mass is 313 g/mol. The summed E-state index contributed by atoms with van der Waals surface area (Å²) in [6.45, 7) is 1.97. The zero-order valence-corrected chi connectivity index (χ0v) is 12.4. The van der Waals surface area contributed by atoms with Gasteiger partial charge in [0.1, 0.15) is 5.82 Å². The first-order valence-electron chi connectivity index (χ1n) is 6.91. The van der Waals surface area contributed by atoms with Crippen LogP contribution in [-0.4, -0.2) is 17.0 Å². The molecular weight excluding hydrogens is 297 g/mol. The van der Waals surface area contributed by atoms with Crippen LogP contribution in [0.25, 0.3) is 0 Å². The van der Waals surface area contributed by atoms with Gasteiger partial charge in [-0.15, -0.1) is 0 Å². The number of hydrogen-bond acceptors (Lipinski definition) is 2. The Labute approximate surface area is 127 Å². The third-order valence-electron chi connectivity index (χ3n) is 4.10. The molecule has 114 valence electrons. The topological polar surface area (TPSA) is 66.4 Å². The van der Waals surface area contributed by atoms with Crippen molar-refractivity contribution in [2.75, 3.05) is 5.32 Å². The fraction of sp³-hybridized carbons (Fsp3) is 0.467. The molecule has 0 saturated heterocycles. The standard InChI is InChI=1S/C15H17ClFNO3/c1-2-8-6-9(10(7-8)15(20)21)14(19)18-13-11(16)4-3-5-12(13)17/h3-5,8-10H,2,6-7H2,1H3,(H,18,19)(H,20,21). The van der Waals surface area contributed by atoms with E-state index in [1.165, 1.54) is 18.2 Å². The van der Waals surface area contributed by atoms with Crippen molar-refractivity contribution in [1.82, 2.24) is 0 Å². The number of para-hydroxylation sites is 1. The minimum atomic E-state index is -0.981. The number of carboxylic acid groups (broad SMARTS) is 1. The van der Waals surface area contributed by atoms with Crippen LogP contribution in [-0.2, 0) is 9.59 Å². The molecule has 6 heteroatoms. The van der Waals surface area contributed by atoms with Crippen LogP contribution in [0.5, 0.6) is 0 Å². The molecule has 0 spiro atoms. The first-order chi connectivity index (χ1) is 9.93. The number of carboxylic acids is 1. The van der Waals surface area contributed by atoms with E-state index in [0.29, 0.717) is 12.8 Å². The number of benzene rings is 1. The predicted octanol–water partition coefficient (Wildman–Crippen LogP) is 3.55. The van der Waals surface area contributed by atoms with Gasteiger partial charge in [0.15, 0.2) is 0 Å². The molecular formula is C15H17ClFNO3. The Balaban J connectivity index is 2.17. The van der Waals surface area contributed by atoms with Crippen molar-refractivity contribution in [3.63, 3.8) is 0 Å². The molecule has 2 rings (SSSR count). The predicted molar refractivity (Wildman–Crippen MR) is 77.7 cm³/mol. The number of halogens is 2. The summed E-state index contributed by atoms with van der Waals surface area (Å²) in [4.78, 5) is 23.6. The Kier molecular flexibility index (Phi) is 4.83. The SMILES string of the molecule is CCC1CC(C(=O)O)C(C(=O)Nc2c(F)cccc2Cl)C1. The summed E-state index contributed by atoms with van der Waals surface area (Å²) in [6.07, 6.45) is 1.81. The maximum atomic E-state index is 13.7.